The fraction of sp³-hybridized carbons (Fsp3) is 0.368. The van der Waals surface area contributed by atoms with E-state index in [4.69, 9.17) is 33.1 Å². The normalized spacial score (nSPS) is 11.8. The van der Waals surface area contributed by atoms with Crippen molar-refractivity contribution in [1.82, 2.24) is 0 Å². The third-order valence-corrected chi connectivity index (χ3v) is 13.6. The summed E-state index contributed by atoms with van der Waals surface area (Å²) in [5, 5.41) is 2.50. The molecule has 0 spiro atoms. The molecule has 0 saturated carbocycles. The zero-order valence-electron chi connectivity index (χ0n) is 15.5. The van der Waals surface area contributed by atoms with Gasteiger partial charge in [0.05, 0.1) is 37.0 Å². The lowest BCUT2D eigenvalue weighted by molar-refractivity contribution is 0.415. The molecule has 0 heterocycles. The van der Waals surface area contributed by atoms with Crippen molar-refractivity contribution in [1.29, 1.82) is 0 Å². The van der Waals surface area contributed by atoms with Crippen LogP contribution in [0.25, 0.3) is 0 Å². The third kappa shape index (κ3) is 8.35. The van der Waals surface area contributed by atoms with Crippen LogP contribution in [-0.4, -0.2) is 25.7 Å². The molecule has 2 atom stereocenters. The summed E-state index contributed by atoms with van der Waals surface area (Å²) in [6.07, 6.45) is 3.67. The minimum absolute atomic E-state index is 0.547. The molecule has 27 heavy (non-hydrogen) atoms. The van der Waals surface area contributed by atoms with Crippen molar-refractivity contribution in [3.05, 3.63) is 48.5 Å². The fourth-order valence-electron chi connectivity index (χ4n) is 2.23. The van der Waals surface area contributed by atoms with E-state index in [1.165, 1.54) is 29.9 Å². The minimum Gasteiger partial charge on any atom is -0.497 e. The van der Waals surface area contributed by atoms with E-state index >= 15 is 0 Å². The van der Waals surface area contributed by atoms with Gasteiger partial charge in [0, 0.05) is 11.5 Å². The summed E-state index contributed by atoms with van der Waals surface area (Å²) in [6, 6.07) is 16.3. The zero-order chi connectivity index (χ0) is 19.5. The van der Waals surface area contributed by atoms with Gasteiger partial charge in [-0.25, -0.2) is 0 Å². The Morgan fingerprint density at radius 2 is 1.04 bits per heavy atom. The average molecular weight is 475 g/mol. The van der Waals surface area contributed by atoms with E-state index in [0.717, 1.165) is 23.0 Å². The highest BCUT2D eigenvalue weighted by Crippen LogP contribution is 2.39. The lowest BCUT2D eigenvalue weighted by atomic mass is 10.3. The van der Waals surface area contributed by atoms with Crippen LogP contribution in [0.5, 0.6) is 11.5 Å². The van der Waals surface area contributed by atoms with Gasteiger partial charge in [0.2, 0.25) is 0 Å². The maximum atomic E-state index is 5.65. The molecule has 0 aliphatic carbocycles. The van der Waals surface area contributed by atoms with Gasteiger partial charge >= 0.3 is 0 Å². The van der Waals surface area contributed by atoms with Crippen LogP contribution >= 0.6 is 34.6 Å². The second kappa shape index (κ2) is 13.1. The molecule has 8 heteroatoms. The van der Waals surface area contributed by atoms with Crippen molar-refractivity contribution in [2.75, 3.05) is 25.7 Å². The van der Waals surface area contributed by atoms with E-state index in [9.17, 15) is 0 Å². The monoisotopic (exact) mass is 474 g/mol. The molecular weight excluding hydrogens is 450 g/mol. The molecule has 0 aromatic heterocycles. The van der Waals surface area contributed by atoms with Gasteiger partial charge in [0.15, 0.2) is 34.2 Å². The molecule has 0 amide bonds. The predicted octanol–water partition coefficient (Wildman–Crippen LogP) is 6.01. The zero-order valence-corrected chi connectivity index (χ0v) is 20.6. The molecule has 0 aliphatic rings. The number of methoxy groups -OCH3 is 2. The van der Waals surface area contributed by atoms with Crippen LogP contribution in [0.3, 0.4) is 0 Å². The minimum atomic E-state index is -0.547. The number of rotatable bonds is 12. The summed E-state index contributed by atoms with van der Waals surface area (Å²) in [5.41, 5.74) is 0. The number of hydrogen-bond donors (Lipinski definition) is 0. The highest BCUT2D eigenvalue weighted by atomic mass is 32.9. The second-order valence-corrected chi connectivity index (χ2v) is 16.3. The molecule has 2 aromatic rings. The molecule has 0 saturated heterocycles. The molecule has 2 nitrogen and oxygen atoms in total. The smallest absolute Gasteiger partial charge is 0.283 e. The number of benzene rings is 2. The van der Waals surface area contributed by atoms with E-state index in [-0.39, 0.29) is 0 Å². The predicted molar refractivity (Wildman–Crippen MR) is 133 cm³/mol. The molecule has 0 radical (unpaired) electrons. The summed E-state index contributed by atoms with van der Waals surface area (Å²) < 4.78 is 10.4. The van der Waals surface area contributed by atoms with Crippen molar-refractivity contribution in [3.63, 3.8) is 0 Å². The highest BCUT2D eigenvalue weighted by molar-refractivity contribution is 8.66. The Balaban J connectivity index is 1.57. The van der Waals surface area contributed by atoms with Crippen LogP contribution in [0, 0.1) is 0 Å². The van der Waals surface area contributed by atoms with E-state index in [1.54, 1.807) is 14.2 Å². The van der Waals surface area contributed by atoms with Crippen LogP contribution in [-0.2, 0) is 23.6 Å². The molecule has 0 bridgehead atoms. The Bertz CT molecular complexity index is 673. The molecule has 0 aliphatic heterocycles. The van der Waals surface area contributed by atoms with E-state index in [0.29, 0.717) is 0 Å². The molecular formula is C19H24O2P2S4+2. The van der Waals surface area contributed by atoms with E-state index in [2.05, 4.69) is 24.3 Å². The lowest BCUT2D eigenvalue weighted by Crippen LogP contribution is -1.95. The topological polar surface area (TPSA) is 18.5 Å². The summed E-state index contributed by atoms with van der Waals surface area (Å²) in [4.78, 5) is 0. The first kappa shape index (κ1) is 23.1. The second-order valence-electron chi connectivity index (χ2n) is 5.64. The molecule has 2 rings (SSSR count). The SMILES string of the molecule is COc1ccc([P+](=S)SCCCCCS[P+](=S)c2ccc(OC)cc2)cc1. The molecule has 0 N–H and O–H groups in total. The summed E-state index contributed by atoms with van der Waals surface area (Å²) in [6.45, 7) is 0. The van der Waals surface area contributed by atoms with Crippen molar-refractivity contribution < 1.29 is 9.47 Å². The highest BCUT2D eigenvalue weighted by Gasteiger charge is 2.17. The van der Waals surface area contributed by atoms with Gasteiger partial charge in [-0.15, -0.1) is 0 Å². The Labute approximate surface area is 182 Å². The van der Waals surface area contributed by atoms with Gasteiger partial charge in [-0.2, -0.15) is 0 Å². The summed E-state index contributed by atoms with van der Waals surface area (Å²) in [7, 11) is 3.37. The molecule has 2 aromatic carbocycles. The maximum absolute atomic E-state index is 5.65. The van der Waals surface area contributed by atoms with Gasteiger partial charge in [-0.05, 0) is 61.4 Å². The first-order valence-corrected chi connectivity index (χ1v) is 16.5. The fourth-order valence-corrected chi connectivity index (χ4v) is 9.78. The van der Waals surface area contributed by atoms with Crippen LogP contribution in [0.2, 0.25) is 0 Å². The Kier molecular flexibility index (Phi) is 11.2. The lowest BCUT2D eigenvalue weighted by Gasteiger charge is -1.98. The van der Waals surface area contributed by atoms with Crippen LogP contribution in [0.15, 0.2) is 48.5 Å². The van der Waals surface area contributed by atoms with Crippen molar-refractivity contribution in [2.24, 2.45) is 0 Å². The standard InChI is InChI=1S/C19H24O2P2S4/c1-20-16-6-10-18(11-7-16)22(24)26-14-4-3-5-15-27-23(25)19-12-8-17(21-2)9-13-19/h6-13H,3-5,14-15H2,1-2H3/q+2. The summed E-state index contributed by atoms with van der Waals surface area (Å²) in [5.74, 6) is 2.94. The summed E-state index contributed by atoms with van der Waals surface area (Å²) >= 11 is 15.1. The Morgan fingerprint density at radius 3 is 1.37 bits per heavy atom. The quantitative estimate of drug-likeness (QED) is 0.275. The maximum Gasteiger partial charge on any atom is 0.283 e. The van der Waals surface area contributed by atoms with Gasteiger partial charge in [0.25, 0.3) is 11.8 Å². The van der Waals surface area contributed by atoms with Crippen LogP contribution in [0.1, 0.15) is 19.3 Å². The molecule has 144 valence electrons. The first-order valence-electron chi connectivity index (χ1n) is 8.62. The number of ether oxygens (including phenoxy) is 2. The van der Waals surface area contributed by atoms with Crippen LogP contribution in [0.4, 0.5) is 0 Å². The van der Waals surface area contributed by atoms with E-state index in [1.807, 2.05) is 47.0 Å². The third-order valence-electron chi connectivity index (χ3n) is 3.77. The average Bonchev–Trinajstić information content (AvgIpc) is 2.72. The van der Waals surface area contributed by atoms with Gasteiger partial charge < -0.3 is 9.47 Å². The molecule has 0 fully saturated rings. The number of hydrogen-bond acceptors (Lipinski definition) is 6. The van der Waals surface area contributed by atoms with Crippen molar-refractivity contribution in [3.8, 4) is 11.5 Å². The van der Waals surface area contributed by atoms with Crippen molar-refractivity contribution in [2.45, 2.75) is 19.3 Å². The molecule has 2 unspecified atom stereocenters. The van der Waals surface area contributed by atoms with Crippen LogP contribution < -0.4 is 20.1 Å². The van der Waals surface area contributed by atoms with Crippen molar-refractivity contribution >= 4 is 68.8 Å². The van der Waals surface area contributed by atoms with Gasteiger partial charge in [0.1, 0.15) is 11.5 Å². The largest absolute Gasteiger partial charge is 0.497 e. The van der Waals surface area contributed by atoms with Gasteiger partial charge in [-0.3, -0.25) is 0 Å². The van der Waals surface area contributed by atoms with E-state index < -0.39 is 11.8 Å². The Hall–Kier alpha value is -0.220. The number of unbranched alkanes of at least 4 members (excludes halogenated alkanes) is 2. The first-order chi connectivity index (χ1) is 13.1. The van der Waals surface area contributed by atoms with Gasteiger partial charge in [-0.1, -0.05) is 6.42 Å². The Morgan fingerprint density at radius 1 is 0.667 bits per heavy atom.